The fraction of sp³-hybridized carbons (Fsp3) is 0.136. The number of nitrogens with one attached hydrogen (secondary N) is 2. The molecule has 0 heterocycles. The molecular formula is C22H18ClF3N2O3S. The molecule has 0 aliphatic carbocycles. The molecule has 2 N–H and O–H groups in total. The van der Waals surface area contributed by atoms with Crippen LogP contribution < -0.4 is 10.0 Å². The van der Waals surface area contributed by atoms with Crippen LogP contribution in [-0.2, 0) is 27.4 Å². The van der Waals surface area contributed by atoms with Crippen molar-refractivity contribution in [1.29, 1.82) is 0 Å². The molecule has 3 rings (SSSR count). The van der Waals surface area contributed by atoms with Crippen LogP contribution in [-0.4, -0.2) is 14.3 Å². The fourth-order valence-corrected chi connectivity index (χ4v) is 4.55. The largest absolute Gasteiger partial charge is 0.416 e. The number of hydrogen-bond acceptors (Lipinski definition) is 3. The second kappa shape index (κ2) is 9.22. The number of aryl methyl sites for hydroxylation is 1. The van der Waals surface area contributed by atoms with Crippen molar-refractivity contribution in [1.82, 2.24) is 0 Å². The van der Waals surface area contributed by atoms with Gasteiger partial charge in [0.25, 0.3) is 10.0 Å². The molecule has 0 fully saturated rings. The third kappa shape index (κ3) is 5.80. The Morgan fingerprint density at radius 2 is 1.72 bits per heavy atom. The van der Waals surface area contributed by atoms with Crippen LogP contribution in [0.5, 0.6) is 0 Å². The molecule has 3 aromatic rings. The van der Waals surface area contributed by atoms with Crippen molar-refractivity contribution >= 4 is 38.9 Å². The Morgan fingerprint density at radius 1 is 1.00 bits per heavy atom. The van der Waals surface area contributed by atoms with Crippen molar-refractivity contribution in [3.05, 3.63) is 88.4 Å². The van der Waals surface area contributed by atoms with Crippen molar-refractivity contribution in [3.63, 3.8) is 0 Å². The number of rotatable bonds is 6. The van der Waals surface area contributed by atoms with Crippen LogP contribution in [0.25, 0.3) is 0 Å². The minimum Gasteiger partial charge on any atom is -0.326 e. The first-order valence-electron chi connectivity index (χ1n) is 9.30. The van der Waals surface area contributed by atoms with Crippen LogP contribution in [0.3, 0.4) is 0 Å². The molecule has 0 bridgehead atoms. The maximum absolute atomic E-state index is 12.9. The van der Waals surface area contributed by atoms with Gasteiger partial charge in [0.2, 0.25) is 5.91 Å². The van der Waals surface area contributed by atoms with Crippen LogP contribution in [0.4, 0.5) is 24.5 Å². The van der Waals surface area contributed by atoms with Gasteiger partial charge in [0, 0.05) is 5.69 Å². The van der Waals surface area contributed by atoms with E-state index in [1.165, 1.54) is 42.5 Å². The number of amides is 1. The van der Waals surface area contributed by atoms with E-state index in [0.29, 0.717) is 5.56 Å². The van der Waals surface area contributed by atoms with E-state index < -0.39 is 27.7 Å². The van der Waals surface area contributed by atoms with E-state index in [9.17, 15) is 26.4 Å². The highest BCUT2D eigenvalue weighted by atomic mass is 35.5. The van der Waals surface area contributed by atoms with Crippen molar-refractivity contribution < 1.29 is 26.4 Å². The lowest BCUT2D eigenvalue weighted by atomic mass is 10.1. The minimum atomic E-state index is -4.51. The Labute approximate surface area is 188 Å². The van der Waals surface area contributed by atoms with Gasteiger partial charge in [-0.1, -0.05) is 48.0 Å². The number of carbonyl (C=O) groups excluding carboxylic acids is 1. The summed E-state index contributed by atoms with van der Waals surface area (Å²) in [6, 6.07) is 15.1. The second-order valence-electron chi connectivity index (χ2n) is 6.99. The van der Waals surface area contributed by atoms with Gasteiger partial charge in [0.1, 0.15) is 0 Å². The number of halogens is 4. The van der Waals surface area contributed by atoms with Crippen LogP contribution in [0.2, 0.25) is 5.02 Å². The lowest BCUT2D eigenvalue weighted by Gasteiger charge is -2.14. The molecule has 5 nitrogen and oxygen atoms in total. The predicted molar refractivity (Wildman–Crippen MR) is 117 cm³/mol. The third-order valence-electron chi connectivity index (χ3n) is 4.50. The zero-order valence-electron chi connectivity index (χ0n) is 16.7. The van der Waals surface area contributed by atoms with Gasteiger partial charge in [0.15, 0.2) is 0 Å². The maximum atomic E-state index is 12.9. The van der Waals surface area contributed by atoms with Gasteiger partial charge >= 0.3 is 6.18 Å². The average Bonchev–Trinajstić information content (AvgIpc) is 2.70. The number of benzene rings is 3. The third-order valence-corrected chi connectivity index (χ3v) is 6.34. The molecule has 3 aromatic carbocycles. The Morgan fingerprint density at radius 3 is 2.41 bits per heavy atom. The zero-order valence-corrected chi connectivity index (χ0v) is 18.3. The second-order valence-corrected chi connectivity index (χ2v) is 9.05. The molecule has 0 aromatic heterocycles. The van der Waals surface area contributed by atoms with Gasteiger partial charge in [-0.3, -0.25) is 9.52 Å². The standard InChI is InChI=1S/C22H18ClF3N2O3S/c1-14-9-10-17(13-20(14)32(30,31)28-19-8-3-2-7-18(19)23)27-21(29)12-15-5-4-6-16(11-15)22(24,25)26/h2-11,13,28H,12H2,1H3,(H,27,29). The van der Waals surface area contributed by atoms with Crippen LogP contribution in [0.15, 0.2) is 71.6 Å². The average molecular weight is 483 g/mol. The first kappa shape index (κ1) is 23.6. The molecule has 0 unspecified atom stereocenters. The fourth-order valence-electron chi connectivity index (χ4n) is 2.96. The molecule has 1 amide bonds. The van der Waals surface area contributed by atoms with E-state index in [-0.39, 0.29) is 33.3 Å². The van der Waals surface area contributed by atoms with Crippen molar-refractivity contribution in [2.24, 2.45) is 0 Å². The van der Waals surface area contributed by atoms with Crippen LogP contribution in [0, 0.1) is 6.92 Å². The SMILES string of the molecule is Cc1ccc(NC(=O)Cc2cccc(C(F)(F)F)c2)cc1S(=O)(=O)Nc1ccccc1Cl. The minimum absolute atomic E-state index is 0.0747. The Hall–Kier alpha value is -3.04. The summed E-state index contributed by atoms with van der Waals surface area (Å²) in [6.07, 6.45) is -4.82. The van der Waals surface area contributed by atoms with E-state index in [1.54, 1.807) is 19.1 Å². The van der Waals surface area contributed by atoms with Gasteiger partial charge in [-0.05, 0) is 48.4 Å². The maximum Gasteiger partial charge on any atom is 0.416 e. The number of carbonyl (C=O) groups is 1. The molecule has 0 radical (unpaired) electrons. The smallest absolute Gasteiger partial charge is 0.326 e. The van der Waals surface area contributed by atoms with E-state index in [4.69, 9.17) is 11.6 Å². The van der Waals surface area contributed by atoms with E-state index in [2.05, 4.69) is 10.0 Å². The van der Waals surface area contributed by atoms with Crippen molar-refractivity contribution in [3.8, 4) is 0 Å². The molecule has 0 spiro atoms. The lowest BCUT2D eigenvalue weighted by Crippen LogP contribution is -2.17. The van der Waals surface area contributed by atoms with E-state index >= 15 is 0 Å². The zero-order chi connectivity index (χ0) is 23.5. The normalized spacial score (nSPS) is 11.8. The van der Waals surface area contributed by atoms with Gasteiger partial charge in [-0.15, -0.1) is 0 Å². The quantitative estimate of drug-likeness (QED) is 0.477. The molecule has 32 heavy (non-hydrogen) atoms. The Bertz CT molecular complexity index is 1260. The first-order chi connectivity index (χ1) is 15.0. The highest BCUT2D eigenvalue weighted by Crippen LogP contribution is 2.30. The van der Waals surface area contributed by atoms with Gasteiger partial charge in [-0.25, -0.2) is 8.42 Å². The summed E-state index contributed by atoms with van der Waals surface area (Å²) >= 11 is 6.02. The molecule has 10 heteroatoms. The Balaban J connectivity index is 1.78. The molecule has 0 saturated heterocycles. The Kier molecular flexibility index (Phi) is 6.80. The number of hydrogen-bond donors (Lipinski definition) is 2. The van der Waals surface area contributed by atoms with Gasteiger partial charge in [-0.2, -0.15) is 13.2 Å². The van der Waals surface area contributed by atoms with Crippen LogP contribution in [0.1, 0.15) is 16.7 Å². The monoisotopic (exact) mass is 482 g/mol. The molecular weight excluding hydrogens is 465 g/mol. The molecule has 0 atom stereocenters. The first-order valence-corrected chi connectivity index (χ1v) is 11.2. The van der Waals surface area contributed by atoms with E-state index in [1.807, 2.05) is 0 Å². The van der Waals surface area contributed by atoms with Gasteiger partial charge < -0.3 is 5.32 Å². The highest BCUT2D eigenvalue weighted by molar-refractivity contribution is 7.92. The molecule has 0 saturated carbocycles. The summed E-state index contributed by atoms with van der Waals surface area (Å²) < 4.78 is 66.7. The molecule has 168 valence electrons. The number of sulfonamides is 1. The summed E-state index contributed by atoms with van der Waals surface area (Å²) in [5.41, 5.74) is 0.148. The number of anilines is 2. The summed E-state index contributed by atoms with van der Waals surface area (Å²) in [4.78, 5) is 12.3. The summed E-state index contributed by atoms with van der Waals surface area (Å²) in [5.74, 6) is -0.587. The summed E-state index contributed by atoms with van der Waals surface area (Å²) in [6.45, 7) is 1.59. The predicted octanol–water partition coefficient (Wildman–Crippen LogP) is 5.65. The summed E-state index contributed by atoms with van der Waals surface area (Å²) in [5, 5.41) is 2.75. The van der Waals surface area contributed by atoms with E-state index in [0.717, 1.165) is 12.1 Å². The lowest BCUT2D eigenvalue weighted by molar-refractivity contribution is -0.137. The highest BCUT2D eigenvalue weighted by Gasteiger charge is 2.30. The van der Waals surface area contributed by atoms with Crippen molar-refractivity contribution in [2.75, 3.05) is 10.0 Å². The van der Waals surface area contributed by atoms with Crippen LogP contribution >= 0.6 is 11.6 Å². The number of para-hydroxylation sites is 1. The summed E-state index contributed by atoms with van der Waals surface area (Å²) in [7, 11) is -4.02. The topological polar surface area (TPSA) is 75.3 Å². The molecule has 0 aliphatic rings. The van der Waals surface area contributed by atoms with Crippen molar-refractivity contribution in [2.45, 2.75) is 24.4 Å². The number of alkyl halides is 3. The van der Waals surface area contributed by atoms with Gasteiger partial charge in [0.05, 0.1) is 27.6 Å². The molecule has 0 aliphatic heterocycles.